The van der Waals surface area contributed by atoms with E-state index in [1.165, 1.54) is 0 Å². The van der Waals surface area contributed by atoms with Crippen LogP contribution in [0.3, 0.4) is 0 Å². The summed E-state index contributed by atoms with van der Waals surface area (Å²) in [5.41, 5.74) is 6.85. The summed E-state index contributed by atoms with van der Waals surface area (Å²) < 4.78 is 5.33. The van der Waals surface area contributed by atoms with E-state index in [2.05, 4.69) is 0 Å². The Balaban J connectivity index is 0.00000169. The van der Waals surface area contributed by atoms with Crippen LogP contribution in [0.25, 0.3) is 0 Å². The summed E-state index contributed by atoms with van der Waals surface area (Å²) in [7, 11) is 1.68. The molecule has 0 heterocycles. The molecular weight excluding hydrogens is 198 g/mol. The molecule has 0 aliphatic heterocycles. The molecule has 80 valence electrons. The van der Waals surface area contributed by atoms with Crippen LogP contribution >= 0.6 is 12.4 Å². The fourth-order valence-corrected chi connectivity index (χ4v) is 1.19. The quantitative estimate of drug-likeness (QED) is 0.841. The van der Waals surface area contributed by atoms with Crippen molar-refractivity contribution in [1.29, 1.82) is 0 Å². The third-order valence-electron chi connectivity index (χ3n) is 2.43. The van der Waals surface area contributed by atoms with Crippen molar-refractivity contribution in [3.05, 3.63) is 35.9 Å². The smallest absolute Gasteiger partial charge is 0.0814 e. The van der Waals surface area contributed by atoms with Crippen LogP contribution in [0.1, 0.15) is 25.5 Å². The number of benzene rings is 1. The molecule has 0 aliphatic carbocycles. The lowest BCUT2D eigenvalue weighted by atomic mass is 9.93. The van der Waals surface area contributed by atoms with E-state index in [0.29, 0.717) is 0 Å². The minimum Gasteiger partial charge on any atom is -0.377 e. The summed E-state index contributed by atoms with van der Waals surface area (Å²) >= 11 is 0. The van der Waals surface area contributed by atoms with Gasteiger partial charge in [-0.25, -0.2) is 0 Å². The first kappa shape index (κ1) is 13.4. The van der Waals surface area contributed by atoms with Gasteiger partial charge in [-0.05, 0) is 19.4 Å². The van der Waals surface area contributed by atoms with Crippen LogP contribution in [0.2, 0.25) is 0 Å². The first-order valence-electron chi connectivity index (χ1n) is 4.43. The Labute approximate surface area is 91.9 Å². The molecule has 3 heteroatoms. The average Bonchev–Trinajstić information content (AvgIpc) is 2.18. The summed E-state index contributed by atoms with van der Waals surface area (Å²) in [6.07, 6.45) is 0. The van der Waals surface area contributed by atoms with Crippen molar-refractivity contribution in [2.75, 3.05) is 7.11 Å². The van der Waals surface area contributed by atoms with Gasteiger partial charge in [-0.2, -0.15) is 0 Å². The number of nitrogens with two attached hydrogens (primary N) is 1. The Bertz CT molecular complexity index is 261. The zero-order chi connectivity index (χ0) is 9.90. The molecule has 0 aromatic heterocycles. The molecule has 2 nitrogen and oxygen atoms in total. The molecule has 0 saturated heterocycles. The van der Waals surface area contributed by atoms with Gasteiger partial charge in [-0.1, -0.05) is 30.3 Å². The lowest BCUT2D eigenvalue weighted by molar-refractivity contribution is -0.0000294. The second kappa shape index (κ2) is 5.35. The van der Waals surface area contributed by atoms with E-state index in [1.807, 2.05) is 44.2 Å². The topological polar surface area (TPSA) is 35.2 Å². The van der Waals surface area contributed by atoms with Crippen LogP contribution in [0.5, 0.6) is 0 Å². The van der Waals surface area contributed by atoms with Crippen LogP contribution in [0.4, 0.5) is 0 Å². The molecule has 0 aliphatic rings. The van der Waals surface area contributed by atoms with Gasteiger partial charge in [-0.3, -0.25) is 0 Å². The second-order valence-electron chi connectivity index (χ2n) is 3.70. The Hall–Kier alpha value is -0.570. The fraction of sp³-hybridized carbons (Fsp3) is 0.455. The van der Waals surface area contributed by atoms with Gasteiger partial charge >= 0.3 is 0 Å². The minimum absolute atomic E-state index is 0. The van der Waals surface area contributed by atoms with Crippen LogP contribution in [-0.2, 0) is 4.74 Å². The SMILES string of the molecule is COC(C)(C)C(N)c1ccccc1.Cl. The largest absolute Gasteiger partial charge is 0.377 e. The molecule has 0 bridgehead atoms. The highest BCUT2D eigenvalue weighted by Gasteiger charge is 2.26. The summed E-state index contributed by atoms with van der Waals surface area (Å²) in [5.74, 6) is 0. The van der Waals surface area contributed by atoms with Crippen molar-refractivity contribution in [3.63, 3.8) is 0 Å². The van der Waals surface area contributed by atoms with Crippen molar-refractivity contribution in [1.82, 2.24) is 0 Å². The Morgan fingerprint density at radius 3 is 2.14 bits per heavy atom. The lowest BCUT2D eigenvalue weighted by Gasteiger charge is -2.30. The highest BCUT2D eigenvalue weighted by molar-refractivity contribution is 5.85. The number of ether oxygens (including phenoxy) is 1. The predicted molar refractivity (Wildman–Crippen MR) is 61.7 cm³/mol. The molecule has 1 unspecified atom stereocenters. The van der Waals surface area contributed by atoms with Crippen molar-refractivity contribution in [2.24, 2.45) is 5.73 Å². The maximum Gasteiger partial charge on any atom is 0.0814 e. The van der Waals surface area contributed by atoms with E-state index >= 15 is 0 Å². The van der Waals surface area contributed by atoms with Crippen molar-refractivity contribution >= 4 is 12.4 Å². The van der Waals surface area contributed by atoms with E-state index in [0.717, 1.165) is 5.56 Å². The van der Waals surface area contributed by atoms with E-state index in [4.69, 9.17) is 10.5 Å². The number of methoxy groups -OCH3 is 1. The van der Waals surface area contributed by atoms with Crippen LogP contribution < -0.4 is 5.73 Å². The average molecular weight is 216 g/mol. The maximum absolute atomic E-state index is 6.06. The molecular formula is C11H18ClNO. The zero-order valence-electron chi connectivity index (χ0n) is 8.86. The van der Waals surface area contributed by atoms with E-state index in [1.54, 1.807) is 7.11 Å². The first-order valence-corrected chi connectivity index (χ1v) is 4.43. The third-order valence-corrected chi connectivity index (χ3v) is 2.43. The maximum atomic E-state index is 6.06. The molecule has 2 N–H and O–H groups in total. The van der Waals surface area contributed by atoms with Gasteiger partial charge in [0.25, 0.3) is 0 Å². The summed E-state index contributed by atoms with van der Waals surface area (Å²) in [4.78, 5) is 0. The third kappa shape index (κ3) is 2.98. The molecule has 14 heavy (non-hydrogen) atoms. The van der Waals surface area contributed by atoms with Crippen molar-refractivity contribution in [3.8, 4) is 0 Å². The van der Waals surface area contributed by atoms with Crippen molar-refractivity contribution < 1.29 is 4.74 Å². The van der Waals surface area contributed by atoms with Gasteiger partial charge < -0.3 is 10.5 Å². The van der Waals surface area contributed by atoms with Gasteiger partial charge in [0.2, 0.25) is 0 Å². The van der Waals surface area contributed by atoms with E-state index in [-0.39, 0.29) is 24.0 Å². The molecule has 1 rings (SSSR count). The highest BCUT2D eigenvalue weighted by Crippen LogP contribution is 2.25. The molecule has 0 saturated carbocycles. The first-order chi connectivity index (χ1) is 6.08. The lowest BCUT2D eigenvalue weighted by Crippen LogP contribution is -2.37. The normalized spacial score (nSPS) is 13.1. The van der Waals surface area contributed by atoms with Gasteiger partial charge in [0.05, 0.1) is 11.6 Å². The van der Waals surface area contributed by atoms with Crippen molar-refractivity contribution in [2.45, 2.75) is 25.5 Å². The van der Waals surface area contributed by atoms with Gasteiger partial charge in [-0.15, -0.1) is 12.4 Å². The predicted octanol–water partition coefficient (Wildman–Crippen LogP) is 2.53. The number of halogens is 1. The summed E-state index contributed by atoms with van der Waals surface area (Å²) in [6.45, 7) is 3.98. The molecule has 1 aromatic rings. The molecule has 0 spiro atoms. The molecule has 0 amide bonds. The zero-order valence-corrected chi connectivity index (χ0v) is 9.67. The van der Waals surface area contributed by atoms with E-state index < -0.39 is 0 Å². The van der Waals surface area contributed by atoms with Crippen LogP contribution in [-0.4, -0.2) is 12.7 Å². The standard InChI is InChI=1S/C11H17NO.ClH/c1-11(2,13-3)10(12)9-7-5-4-6-8-9;/h4-8,10H,12H2,1-3H3;1H. The molecule has 1 atom stereocenters. The molecule has 0 radical (unpaired) electrons. The number of hydrogen-bond acceptors (Lipinski definition) is 2. The van der Waals surface area contributed by atoms with Gasteiger partial charge in [0.15, 0.2) is 0 Å². The highest BCUT2D eigenvalue weighted by atomic mass is 35.5. The van der Waals surface area contributed by atoms with Crippen LogP contribution in [0, 0.1) is 0 Å². The number of rotatable bonds is 3. The summed E-state index contributed by atoms with van der Waals surface area (Å²) in [5, 5.41) is 0. The van der Waals surface area contributed by atoms with Gasteiger partial charge in [0, 0.05) is 7.11 Å². The molecule has 1 aromatic carbocycles. The summed E-state index contributed by atoms with van der Waals surface area (Å²) in [6, 6.07) is 9.91. The Morgan fingerprint density at radius 1 is 1.21 bits per heavy atom. The molecule has 0 fully saturated rings. The number of hydrogen-bond donors (Lipinski definition) is 1. The fourth-order valence-electron chi connectivity index (χ4n) is 1.19. The minimum atomic E-state index is -0.318. The Kier molecular flexibility index (Phi) is 5.13. The Morgan fingerprint density at radius 2 is 1.71 bits per heavy atom. The van der Waals surface area contributed by atoms with E-state index in [9.17, 15) is 0 Å². The second-order valence-corrected chi connectivity index (χ2v) is 3.70. The monoisotopic (exact) mass is 215 g/mol. The van der Waals surface area contributed by atoms with Crippen LogP contribution in [0.15, 0.2) is 30.3 Å². The van der Waals surface area contributed by atoms with Gasteiger partial charge in [0.1, 0.15) is 0 Å².